The molecule has 1 aromatic carbocycles. The SMILES string of the molecule is COc1c(F)cc(-c2noc(CN)n2)cc1C#N. The van der Waals surface area contributed by atoms with Gasteiger partial charge in [0.05, 0.1) is 19.2 Å². The zero-order valence-electron chi connectivity index (χ0n) is 9.48. The van der Waals surface area contributed by atoms with Crippen molar-refractivity contribution in [3.05, 3.63) is 29.4 Å². The third-order valence-corrected chi connectivity index (χ3v) is 2.27. The van der Waals surface area contributed by atoms with Gasteiger partial charge in [0.15, 0.2) is 11.6 Å². The Bertz CT molecular complexity index is 618. The van der Waals surface area contributed by atoms with E-state index in [2.05, 4.69) is 10.1 Å². The van der Waals surface area contributed by atoms with E-state index in [1.54, 1.807) is 0 Å². The van der Waals surface area contributed by atoms with Crippen LogP contribution in [0.4, 0.5) is 4.39 Å². The fourth-order valence-corrected chi connectivity index (χ4v) is 1.47. The highest BCUT2D eigenvalue weighted by Gasteiger charge is 2.15. The van der Waals surface area contributed by atoms with E-state index < -0.39 is 5.82 Å². The molecule has 6 nitrogen and oxygen atoms in total. The molecular formula is C11H9FN4O2. The zero-order valence-corrected chi connectivity index (χ0v) is 9.48. The summed E-state index contributed by atoms with van der Waals surface area (Å²) in [5, 5.41) is 12.6. The Balaban J connectivity index is 2.53. The molecule has 18 heavy (non-hydrogen) atoms. The zero-order chi connectivity index (χ0) is 13.1. The summed E-state index contributed by atoms with van der Waals surface area (Å²) in [6, 6.07) is 4.44. The average Bonchev–Trinajstić information content (AvgIpc) is 2.86. The number of ether oxygens (including phenoxy) is 1. The summed E-state index contributed by atoms with van der Waals surface area (Å²) in [6.45, 7) is 0.0940. The predicted molar refractivity (Wildman–Crippen MR) is 58.9 cm³/mol. The second-order valence-corrected chi connectivity index (χ2v) is 3.37. The lowest BCUT2D eigenvalue weighted by Gasteiger charge is -2.05. The maximum atomic E-state index is 13.7. The van der Waals surface area contributed by atoms with Gasteiger partial charge in [0, 0.05) is 5.56 Å². The van der Waals surface area contributed by atoms with E-state index in [0.717, 1.165) is 0 Å². The van der Waals surface area contributed by atoms with Crippen LogP contribution >= 0.6 is 0 Å². The van der Waals surface area contributed by atoms with Crippen molar-refractivity contribution >= 4 is 0 Å². The Morgan fingerprint density at radius 2 is 2.33 bits per heavy atom. The molecule has 1 heterocycles. The first-order chi connectivity index (χ1) is 8.69. The van der Waals surface area contributed by atoms with Crippen molar-refractivity contribution in [3.63, 3.8) is 0 Å². The lowest BCUT2D eigenvalue weighted by atomic mass is 10.1. The molecule has 92 valence electrons. The van der Waals surface area contributed by atoms with Crippen LogP contribution in [-0.2, 0) is 6.54 Å². The van der Waals surface area contributed by atoms with Crippen LogP contribution in [-0.4, -0.2) is 17.3 Å². The predicted octanol–water partition coefficient (Wildman–Crippen LogP) is 1.21. The highest BCUT2D eigenvalue weighted by atomic mass is 19.1. The molecule has 1 aromatic heterocycles. The molecule has 2 rings (SSSR count). The van der Waals surface area contributed by atoms with Gasteiger partial charge in [0.1, 0.15) is 6.07 Å². The van der Waals surface area contributed by atoms with Crippen molar-refractivity contribution in [2.75, 3.05) is 7.11 Å². The Morgan fingerprint density at radius 1 is 1.56 bits per heavy atom. The lowest BCUT2D eigenvalue weighted by Crippen LogP contribution is -1.96. The van der Waals surface area contributed by atoms with Gasteiger partial charge in [-0.1, -0.05) is 5.16 Å². The minimum absolute atomic E-state index is 0.0617. The van der Waals surface area contributed by atoms with Crippen molar-refractivity contribution < 1.29 is 13.7 Å². The number of methoxy groups -OCH3 is 1. The van der Waals surface area contributed by atoms with E-state index in [1.807, 2.05) is 6.07 Å². The number of hydrogen-bond donors (Lipinski definition) is 1. The van der Waals surface area contributed by atoms with Crippen molar-refractivity contribution in [3.8, 4) is 23.2 Å². The number of nitrogens with two attached hydrogens (primary N) is 1. The number of halogens is 1. The van der Waals surface area contributed by atoms with Crippen LogP contribution in [0.2, 0.25) is 0 Å². The first kappa shape index (κ1) is 12.0. The Kier molecular flexibility index (Phi) is 3.21. The molecule has 7 heteroatoms. The second kappa shape index (κ2) is 4.81. The van der Waals surface area contributed by atoms with Gasteiger partial charge in [-0.2, -0.15) is 10.2 Å². The number of nitriles is 1. The monoisotopic (exact) mass is 248 g/mol. The number of rotatable bonds is 3. The van der Waals surface area contributed by atoms with Crippen molar-refractivity contribution in [2.45, 2.75) is 6.54 Å². The third kappa shape index (κ3) is 2.01. The summed E-state index contributed by atoms with van der Waals surface area (Å²) in [6.07, 6.45) is 0. The van der Waals surface area contributed by atoms with E-state index >= 15 is 0 Å². The third-order valence-electron chi connectivity index (χ3n) is 2.27. The van der Waals surface area contributed by atoms with Gasteiger partial charge in [-0.05, 0) is 12.1 Å². The van der Waals surface area contributed by atoms with Crippen LogP contribution in [0.5, 0.6) is 5.75 Å². The quantitative estimate of drug-likeness (QED) is 0.876. The summed E-state index contributed by atoms with van der Waals surface area (Å²) in [4.78, 5) is 3.95. The lowest BCUT2D eigenvalue weighted by molar-refractivity contribution is 0.380. The van der Waals surface area contributed by atoms with Gasteiger partial charge >= 0.3 is 0 Å². The Labute approximate surface area is 102 Å². The second-order valence-electron chi connectivity index (χ2n) is 3.37. The van der Waals surface area contributed by atoms with E-state index in [-0.39, 0.29) is 29.6 Å². The van der Waals surface area contributed by atoms with Crippen LogP contribution < -0.4 is 10.5 Å². The largest absolute Gasteiger partial charge is 0.492 e. The maximum absolute atomic E-state index is 13.7. The number of nitrogens with zero attached hydrogens (tertiary/aromatic N) is 3. The number of aromatic nitrogens is 2. The van der Waals surface area contributed by atoms with Gasteiger partial charge in [-0.25, -0.2) is 4.39 Å². The van der Waals surface area contributed by atoms with E-state index in [9.17, 15) is 4.39 Å². The topological polar surface area (TPSA) is 98.0 Å². The molecule has 0 saturated carbocycles. The standard InChI is InChI=1S/C11H9FN4O2/c1-17-10-7(4-13)2-6(3-8(10)12)11-15-9(5-14)18-16-11/h2-3H,5,14H2,1H3. The van der Waals surface area contributed by atoms with Crippen LogP contribution in [0.15, 0.2) is 16.7 Å². The summed E-state index contributed by atoms with van der Waals surface area (Å²) in [5.41, 5.74) is 5.72. The molecule has 2 N–H and O–H groups in total. The molecule has 0 aliphatic carbocycles. The molecular weight excluding hydrogens is 239 g/mol. The van der Waals surface area contributed by atoms with Crippen LogP contribution in [0.1, 0.15) is 11.5 Å². The smallest absolute Gasteiger partial charge is 0.240 e. The molecule has 0 radical (unpaired) electrons. The highest BCUT2D eigenvalue weighted by molar-refractivity contribution is 5.61. The molecule has 0 fully saturated rings. The van der Waals surface area contributed by atoms with Gasteiger partial charge in [0.25, 0.3) is 0 Å². The van der Waals surface area contributed by atoms with Gasteiger partial charge in [-0.15, -0.1) is 0 Å². The highest BCUT2D eigenvalue weighted by Crippen LogP contribution is 2.28. The summed E-state index contributed by atoms with van der Waals surface area (Å²) >= 11 is 0. The average molecular weight is 248 g/mol. The van der Waals surface area contributed by atoms with Crippen molar-refractivity contribution in [2.24, 2.45) is 5.73 Å². The minimum Gasteiger partial charge on any atom is -0.492 e. The maximum Gasteiger partial charge on any atom is 0.240 e. The fraction of sp³-hybridized carbons (Fsp3) is 0.182. The molecule has 0 atom stereocenters. The normalized spacial score (nSPS) is 10.1. The number of benzene rings is 1. The molecule has 0 spiro atoms. The summed E-state index contributed by atoms with van der Waals surface area (Å²) in [5.74, 6) is -0.359. The first-order valence-electron chi connectivity index (χ1n) is 5.00. The van der Waals surface area contributed by atoms with Crippen LogP contribution in [0, 0.1) is 17.1 Å². The molecule has 0 unspecified atom stereocenters. The molecule has 0 bridgehead atoms. The van der Waals surface area contributed by atoms with Gasteiger partial charge in [0.2, 0.25) is 11.7 Å². The van der Waals surface area contributed by atoms with E-state index in [4.69, 9.17) is 20.3 Å². The van der Waals surface area contributed by atoms with Gasteiger partial charge < -0.3 is 15.0 Å². The summed E-state index contributed by atoms with van der Waals surface area (Å²) < 4.78 is 23.3. The molecule has 0 saturated heterocycles. The first-order valence-corrected chi connectivity index (χ1v) is 5.00. The Hall–Kier alpha value is -2.46. The number of hydrogen-bond acceptors (Lipinski definition) is 6. The molecule has 0 amide bonds. The molecule has 0 aliphatic heterocycles. The molecule has 0 aliphatic rings. The minimum atomic E-state index is -0.661. The summed E-state index contributed by atoms with van der Waals surface area (Å²) in [7, 11) is 1.29. The van der Waals surface area contributed by atoms with E-state index in [0.29, 0.717) is 5.56 Å². The van der Waals surface area contributed by atoms with Crippen molar-refractivity contribution in [1.82, 2.24) is 10.1 Å². The van der Waals surface area contributed by atoms with E-state index in [1.165, 1.54) is 19.2 Å². The fourth-order valence-electron chi connectivity index (χ4n) is 1.47. The molecule has 2 aromatic rings. The van der Waals surface area contributed by atoms with Gasteiger partial charge in [-0.3, -0.25) is 0 Å². The Morgan fingerprint density at radius 3 is 2.89 bits per heavy atom. The van der Waals surface area contributed by atoms with Crippen LogP contribution in [0.25, 0.3) is 11.4 Å². The van der Waals surface area contributed by atoms with Crippen molar-refractivity contribution in [1.29, 1.82) is 5.26 Å². The van der Waals surface area contributed by atoms with Crippen LogP contribution in [0.3, 0.4) is 0 Å².